The molecule has 2 aromatic heterocycles. The first-order valence-electron chi connectivity index (χ1n) is 7.37. The molecule has 3 rings (SSSR count). The summed E-state index contributed by atoms with van der Waals surface area (Å²) in [5.41, 5.74) is 2.00. The molecular weight excluding hydrogens is 282 g/mol. The van der Waals surface area contributed by atoms with Gasteiger partial charge < -0.3 is 4.90 Å². The molecule has 7 heteroatoms. The van der Waals surface area contributed by atoms with Gasteiger partial charge in [-0.3, -0.25) is 14.8 Å². The number of hydrogen-bond acceptors (Lipinski definition) is 5. The Balaban J connectivity index is 1.75. The Bertz CT molecular complexity index is 697. The summed E-state index contributed by atoms with van der Waals surface area (Å²) >= 11 is 0. The van der Waals surface area contributed by atoms with Crippen molar-refractivity contribution < 1.29 is 4.92 Å². The summed E-state index contributed by atoms with van der Waals surface area (Å²) in [5.74, 6) is 0.977. The van der Waals surface area contributed by atoms with Gasteiger partial charge in [0.2, 0.25) is 5.82 Å². The number of nitrogens with zero attached hydrogens (tertiary/aromatic N) is 5. The molecule has 0 N–H and O–H groups in total. The minimum atomic E-state index is -0.327. The Hall–Kier alpha value is -2.44. The van der Waals surface area contributed by atoms with Crippen LogP contribution in [0.3, 0.4) is 0 Å². The third-order valence-corrected chi connectivity index (χ3v) is 4.16. The summed E-state index contributed by atoms with van der Waals surface area (Å²) in [6.45, 7) is 3.36. The lowest BCUT2D eigenvalue weighted by molar-refractivity contribution is -0.384. The third kappa shape index (κ3) is 2.79. The smallest absolute Gasteiger partial charge is 0.314 e. The van der Waals surface area contributed by atoms with Crippen LogP contribution in [-0.4, -0.2) is 32.8 Å². The van der Waals surface area contributed by atoms with Crippen molar-refractivity contribution in [3.63, 3.8) is 0 Å². The van der Waals surface area contributed by atoms with Crippen LogP contribution in [-0.2, 0) is 13.5 Å². The topological polar surface area (TPSA) is 77.1 Å². The summed E-state index contributed by atoms with van der Waals surface area (Å²) in [5, 5.41) is 15.5. The number of hydrogen-bond donors (Lipinski definition) is 0. The van der Waals surface area contributed by atoms with E-state index in [1.807, 2.05) is 24.3 Å². The highest BCUT2D eigenvalue weighted by molar-refractivity contribution is 5.61. The number of rotatable bonds is 4. The Morgan fingerprint density at radius 3 is 3.00 bits per heavy atom. The summed E-state index contributed by atoms with van der Waals surface area (Å²) in [4.78, 5) is 17.3. The lowest BCUT2D eigenvalue weighted by Gasteiger charge is -2.17. The Morgan fingerprint density at radius 2 is 2.32 bits per heavy atom. The molecular formula is C15H19N5O2. The standard InChI is InChI=1S/C15H19N5O2/c1-11-3-5-16-15(14(11)20(21)22)19-6-4-12(10-19)7-13-8-17-18(2)9-13/h3,5,8-9,12H,4,6-7,10H2,1-2H3. The highest BCUT2D eigenvalue weighted by atomic mass is 16.6. The van der Waals surface area contributed by atoms with E-state index in [2.05, 4.69) is 10.1 Å². The largest absolute Gasteiger partial charge is 0.351 e. The van der Waals surface area contributed by atoms with Crippen molar-refractivity contribution in [2.24, 2.45) is 13.0 Å². The monoisotopic (exact) mass is 301 g/mol. The first-order valence-corrected chi connectivity index (χ1v) is 7.37. The minimum Gasteiger partial charge on any atom is -0.351 e. The molecule has 3 heterocycles. The Morgan fingerprint density at radius 1 is 1.50 bits per heavy atom. The molecule has 0 radical (unpaired) electrons. The van der Waals surface area contributed by atoms with Crippen LogP contribution in [0.1, 0.15) is 17.5 Å². The maximum Gasteiger partial charge on any atom is 0.314 e. The summed E-state index contributed by atoms with van der Waals surface area (Å²) in [7, 11) is 1.91. The quantitative estimate of drug-likeness (QED) is 0.638. The number of aryl methyl sites for hydroxylation is 2. The maximum absolute atomic E-state index is 11.3. The van der Waals surface area contributed by atoms with Gasteiger partial charge in [-0.25, -0.2) is 4.98 Å². The van der Waals surface area contributed by atoms with E-state index in [4.69, 9.17) is 0 Å². The second kappa shape index (κ2) is 5.75. The number of pyridine rings is 1. The van der Waals surface area contributed by atoms with E-state index in [9.17, 15) is 10.1 Å². The highest BCUT2D eigenvalue weighted by Gasteiger charge is 2.30. The molecule has 1 aliphatic rings. The number of nitro groups is 1. The van der Waals surface area contributed by atoms with Gasteiger partial charge in [0.05, 0.1) is 11.1 Å². The van der Waals surface area contributed by atoms with Crippen molar-refractivity contribution in [3.05, 3.63) is 45.9 Å². The van der Waals surface area contributed by atoms with Crippen molar-refractivity contribution in [3.8, 4) is 0 Å². The molecule has 1 fully saturated rings. The van der Waals surface area contributed by atoms with Gasteiger partial charge in [0.25, 0.3) is 0 Å². The van der Waals surface area contributed by atoms with Crippen LogP contribution in [0.5, 0.6) is 0 Å². The fraction of sp³-hybridized carbons (Fsp3) is 0.467. The van der Waals surface area contributed by atoms with E-state index in [1.54, 1.807) is 23.9 Å². The number of anilines is 1. The molecule has 0 saturated carbocycles. The first kappa shape index (κ1) is 14.5. The van der Waals surface area contributed by atoms with Gasteiger partial charge in [0, 0.05) is 38.1 Å². The molecule has 1 aliphatic heterocycles. The minimum absolute atomic E-state index is 0.129. The molecule has 1 saturated heterocycles. The SMILES string of the molecule is Cc1ccnc(N2CCC(Cc3cnn(C)c3)C2)c1[N+](=O)[O-]. The Labute approximate surface area is 128 Å². The van der Waals surface area contributed by atoms with Crippen molar-refractivity contribution in [2.45, 2.75) is 19.8 Å². The number of aromatic nitrogens is 3. The molecule has 0 spiro atoms. The van der Waals surface area contributed by atoms with Crippen molar-refractivity contribution in [1.29, 1.82) is 0 Å². The fourth-order valence-electron chi connectivity index (χ4n) is 3.10. The molecule has 7 nitrogen and oxygen atoms in total. The van der Waals surface area contributed by atoms with E-state index in [0.29, 0.717) is 17.3 Å². The normalized spacial score (nSPS) is 17.9. The van der Waals surface area contributed by atoms with Gasteiger partial charge in [0.1, 0.15) is 0 Å². The average Bonchev–Trinajstić information content (AvgIpc) is 3.08. The zero-order chi connectivity index (χ0) is 15.7. The average molecular weight is 301 g/mol. The van der Waals surface area contributed by atoms with Crippen LogP contribution in [0.4, 0.5) is 11.5 Å². The first-order chi connectivity index (χ1) is 10.5. The van der Waals surface area contributed by atoms with Crippen LogP contribution in [0.25, 0.3) is 0 Å². The van der Waals surface area contributed by atoms with Crippen LogP contribution in [0, 0.1) is 23.0 Å². The predicted octanol–water partition coefficient (Wildman–Crippen LogP) is 2.10. The van der Waals surface area contributed by atoms with E-state index < -0.39 is 0 Å². The van der Waals surface area contributed by atoms with E-state index in [-0.39, 0.29) is 10.6 Å². The van der Waals surface area contributed by atoms with Crippen LogP contribution < -0.4 is 4.90 Å². The molecule has 0 aromatic carbocycles. The molecule has 2 aromatic rings. The Kier molecular flexibility index (Phi) is 3.79. The van der Waals surface area contributed by atoms with Crippen molar-refractivity contribution in [2.75, 3.05) is 18.0 Å². The van der Waals surface area contributed by atoms with E-state index in [1.165, 1.54) is 5.56 Å². The summed E-state index contributed by atoms with van der Waals surface area (Å²) in [6.07, 6.45) is 7.52. The van der Waals surface area contributed by atoms with Crippen LogP contribution in [0.2, 0.25) is 0 Å². The zero-order valence-corrected chi connectivity index (χ0v) is 12.8. The second-order valence-electron chi connectivity index (χ2n) is 5.88. The zero-order valence-electron chi connectivity index (χ0n) is 12.8. The van der Waals surface area contributed by atoms with E-state index in [0.717, 1.165) is 25.9 Å². The summed E-state index contributed by atoms with van der Waals surface area (Å²) in [6, 6.07) is 1.69. The lowest BCUT2D eigenvalue weighted by atomic mass is 10.0. The predicted molar refractivity (Wildman–Crippen MR) is 82.9 cm³/mol. The second-order valence-corrected chi connectivity index (χ2v) is 5.88. The summed E-state index contributed by atoms with van der Waals surface area (Å²) < 4.78 is 1.80. The molecule has 22 heavy (non-hydrogen) atoms. The maximum atomic E-state index is 11.3. The van der Waals surface area contributed by atoms with Crippen molar-refractivity contribution >= 4 is 11.5 Å². The molecule has 0 aliphatic carbocycles. The van der Waals surface area contributed by atoms with Crippen LogP contribution >= 0.6 is 0 Å². The van der Waals surface area contributed by atoms with Gasteiger partial charge in [-0.2, -0.15) is 5.10 Å². The van der Waals surface area contributed by atoms with Crippen molar-refractivity contribution in [1.82, 2.24) is 14.8 Å². The van der Waals surface area contributed by atoms with Gasteiger partial charge in [-0.05, 0) is 37.3 Å². The lowest BCUT2D eigenvalue weighted by Crippen LogP contribution is -2.22. The van der Waals surface area contributed by atoms with Gasteiger partial charge in [0.15, 0.2) is 0 Å². The van der Waals surface area contributed by atoms with Gasteiger partial charge >= 0.3 is 5.69 Å². The molecule has 0 bridgehead atoms. The third-order valence-electron chi connectivity index (χ3n) is 4.16. The molecule has 0 amide bonds. The van der Waals surface area contributed by atoms with Gasteiger partial charge in [-0.15, -0.1) is 0 Å². The van der Waals surface area contributed by atoms with E-state index >= 15 is 0 Å². The molecule has 1 atom stereocenters. The fourth-order valence-corrected chi connectivity index (χ4v) is 3.10. The molecule has 1 unspecified atom stereocenters. The van der Waals surface area contributed by atoms with Crippen LogP contribution in [0.15, 0.2) is 24.7 Å². The highest BCUT2D eigenvalue weighted by Crippen LogP contribution is 2.33. The molecule has 116 valence electrons. The van der Waals surface area contributed by atoms with Gasteiger partial charge in [-0.1, -0.05) is 0 Å².